The predicted octanol–water partition coefficient (Wildman–Crippen LogP) is -0.806. The van der Waals surface area contributed by atoms with Gasteiger partial charge in [-0.25, -0.2) is 0 Å². The van der Waals surface area contributed by atoms with Gasteiger partial charge in [-0.2, -0.15) is 0 Å². The van der Waals surface area contributed by atoms with Crippen LogP contribution in [0, 0.1) is 0 Å². The Morgan fingerprint density at radius 3 is 3.00 bits per heavy atom. The minimum Gasteiger partial charge on any atom is -0.361 e. The molecule has 0 aromatic heterocycles. The number of hydrogen-bond donors (Lipinski definition) is 1. The molecule has 0 radical (unpaired) electrons. The topological polar surface area (TPSA) is 38.8 Å². The quantitative estimate of drug-likeness (QED) is 0.612. The van der Waals surface area contributed by atoms with Gasteiger partial charge in [-0.1, -0.05) is 0 Å². The lowest BCUT2D eigenvalue weighted by Crippen LogP contribution is -2.40. The van der Waals surface area contributed by atoms with E-state index in [0.29, 0.717) is 6.04 Å². The van der Waals surface area contributed by atoms with Crippen molar-refractivity contribution in [2.75, 3.05) is 33.5 Å². The van der Waals surface area contributed by atoms with E-state index in [-0.39, 0.29) is 5.91 Å². The van der Waals surface area contributed by atoms with Gasteiger partial charge in [0.05, 0.1) is 13.3 Å². The second-order valence-electron chi connectivity index (χ2n) is 4.52. The number of hydrogen-bond acceptors (Lipinski definition) is 4. The molecule has 0 aromatic rings. The van der Waals surface area contributed by atoms with Gasteiger partial charge >= 0.3 is 0 Å². The molecule has 1 N–H and O–H groups in total. The molecule has 15 heavy (non-hydrogen) atoms. The maximum absolute atomic E-state index is 12.1. The molecule has 0 bridgehead atoms. The molecular formula is C10H16N4O. The summed E-state index contributed by atoms with van der Waals surface area (Å²) in [5, 5.41) is 3.30. The zero-order valence-electron chi connectivity index (χ0n) is 8.94. The highest BCUT2D eigenvalue weighted by atomic mass is 16.2. The largest absolute Gasteiger partial charge is 0.361 e. The fourth-order valence-electron chi connectivity index (χ4n) is 2.57. The standard InChI is InChI=1S/C10H16N4O/c1-12-5-9-10(15)14(7-13(9)6-12)8-2-3-11-4-8/h5,8,11H,2-4,6-7H2,1H3. The molecule has 3 aliphatic heterocycles. The van der Waals surface area contributed by atoms with Gasteiger partial charge in [0.15, 0.2) is 0 Å². The lowest BCUT2D eigenvalue weighted by molar-refractivity contribution is -0.126. The number of carbonyl (C=O) groups is 1. The fraction of sp³-hybridized carbons (Fsp3) is 0.700. The highest BCUT2D eigenvalue weighted by molar-refractivity contribution is 5.95. The van der Waals surface area contributed by atoms with Crippen LogP contribution in [0.1, 0.15) is 6.42 Å². The van der Waals surface area contributed by atoms with E-state index in [9.17, 15) is 4.79 Å². The van der Waals surface area contributed by atoms with Crippen molar-refractivity contribution in [3.63, 3.8) is 0 Å². The van der Waals surface area contributed by atoms with Crippen molar-refractivity contribution in [2.24, 2.45) is 0 Å². The monoisotopic (exact) mass is 208 g/mol. The summed E-state index contributed by atoms with van der Waals surface area (Å²) < 4.78 is 0. The van der Waals surface area contributed by atoms with Crippen molar-refractivity contribution in [3.05, 3.63) is 11.9 Å². The van der Waals surface area contributed by atoms with Crippen molar-refractivity contribution in [2.45, 2.75) is 12.5 Å². The van der Waals surface area contributed by atoms with Crippen LogP contribution in [0.25, 0.3) is 0 Å². The fourth-order valence-corrected chi connectivity index (χ4v) is 2.57. The average Bonchev–Trinajstić information content (AvgIpc) is 2.84. The first-order valence-corrected chi connectivity index (χ1v) is 5.44. The molecule has 0 aliphatic carbocycles. The summed E-state index contributed by atoms with van der Waals surface area (Å²) in [5.41, 5.74) is 0.865. The summed E-state index contributed by atoms with van der Waals surface area (Å²) in [4.78, 5) is 18.3. The molecule has 1 amide bonds. The molecule has 2 fully saturated rings. The molecule has 3 rings (SSSR count). The molecule has 3 heterocycles. The van der Waals surface area contributed by atoms with Crippen molar-refractivity contribution >= 4 is 5.91 Å². The van der Waals surface area contributed by atoms with E-state index >= 15 is 0 Å². The lowest BCUT2D eigenvalue weighted by atomic mass is 10.2. The van der Waals surface area contributed by atoms with E-state index in [2.05, 4.69) is 15.1 Å². The first-order valence-electron chi connectivity index (χ1n) is 5.44. The second kappa shape index (κ2) is 3.13. The molecule has 5 nitrogen and oxygen atoms in total. The summed E-state index contributed by atoms with van der Waals surface area (Å²) in [5.74, 6) is 0.202. The van der Waals surface area contributed by atoms with E-state index < -0.39 is 0 Å². The molecule has 5 heteroatoms. The highest BCUT2D eigenvalue weighted by Gasteiger charge is 2.40. The predicted molar refractivity (Wildman–Crippen MR) is 55.5 cm³/mol. The minimum absolute atomic E-state index is 0.202. The second-order valence-corrected chi connectivity index (χ2v) is 4.52. The van der Waals surface area contributed by atoms with Gasteiger partial charge in [0.25, 0.3) is 5.91 Å². The van der Waals surface area contributed by atoms with E-state index in [0.717, 1.165) is 38.5 Å². The van der Waals surface area contributed by atoms with Gasteiger partial charge in [0.1, 0.15) is 5.70 Å². The Labute approximate surface area is 89.3 Å². The third kappa shape index (κ3) is 1.30. The van der Waals surface area contributed by atoms with Crippen LogP contribution >= 0.6 is 0 Å². The summed E-state index contributed by atoms with van der Waals surface area (Å²) in [6.07, 6.45) is 3.04. The van der Waals surface area contributed by atoms with Gasteiger partial charge in [0, 0.05) is 25.8 Å². The Morgan fingerprint density at radius 2 is 2.33 bits per heavy atom. The van der Waals surface area contributed by atoms with Crippen LogP contribution in [0.2, 0.25) is 0 Å². The Balaban J connectivity index is 1.79. The molecule has 2 saturated heterocycles. The Hall–Kier alpha value is -1.23. The van der Waals surface area contributed by atoms with Gasteiger partial charge in [-0.15, -0.1) is 0 Å². The smallest absolute Gasteiger partial charge is 0.273 e. The maximum Gasteiger partial charge on any atom is 0.273 e. The number of nitrogens with zero attached hydrogens (tertiary/aromatic N) is 3. The highest BCUT2D eigenvalue weighted by Crippen LogP contribution is 2.26. The zero-order valence-corrected chi connectivity index (χ0v) is 8.94. The molecule has 0 aromatic carbocycles. The van der Waals surface area contributed by atoms with E-state index in [1.54, 1.807) is 0 Å². The Morgan fingerprint density at radius 1 is 1.47 bits per heavy atom. The number of fused-ring (bicyclic) bond motifs is 1. The number of amides is 1. The van der Waals surface area contributed by atoms with E-state index in [1.807, 2.05) is 18.1 Å². The Kier molecular flexibility index (Phi) is 1.88. The molecule has 1 atom stereocenters. The van der Waals surface area contributed by atoms with Crippen LogP contribution in [-0.4, -0.2) is 60.1 Å². The average molecular weight is 208 g/mol. The molecule has 3 aliphatic rings. The first-order chi connectivity index (χ1) is 7.25. The summed E-state index contributed by atoms with van der Waals surface area (Å²) in [7, 11) is 2.00. The molecule has 0 spiro atoms. The number of rotatable bonds is 1. The first kappa shape index (κ1) is 9.03. The normalized spacial score (nSPS) is 30.2. The molecule has 0 saturated carbocycles. The van der Waals surface area contributed by atoms with Crippen molar-refractivity contribution in [1.29, 1.82) is 0 Å². The van der Waals surface area contributed by atoms with Gasteiger partial charge in [-0.05, 0) is 13.0 Å². The van der Waals surface area contributed by atoms with Crippen molar-refractivity contribution in [1.82, 2.24) is 20.0 Å². The van der Waals surface area contributed by atoms with E-state index in [4.69, 9.17) is 0 Å². The van der Waals surface area contributed by atoms with Crippen LogP contribution in [0.15, 0.2) is 11.9 Å². The molecule has 82 valence electrons. The van der Waals surface area contributed by atoms with Crippen LogP contribution in [-0.2, 0) is 4.79 Å². The summed E-state index contributed by atoms with van der Waals surface area (Å²) in [6.45, 7) is 3.59. The summed E-state index contributed by atoms with van der Waals surface area (Å²) in [6, 6.07) is 0.398. The van der Waals surface area contributed by atoms with Crippen LogP contribution in [0.4, 0.5) is 0 Å². The van der Waals surface area contributed by atoms with Crippen molar-refractivity contribution in [3.8, 4) is 0 Å². The van der Waals surface area contributed by atoms with Crippen molar-refractivity contribution < 1.29 is 4.79 Å². The number of nitrogens with one attached hydrogen (secondary N) is 1. The lowest BCUT2D eigenvalue weighted by Gasteiger charge is -2.24. The van der Waals surface area contributed by atoms with E-state index in [1.165, 1.54) is 0 Å². The molecular weight excluding hydrogens is 192 g/mol. The third-order valence-corrected chi connectivity index (χ3v) is 3.36. The maximum atomic E-state index is 12.1. The SMILES string of the molecule is CN1C=C2C(=O)N(C3CCNC3)CN2C1. The van der Waals surface area contributed by atoms with Crippen LogP contribution in [0.3, 0.4) is 0 Å². The summed E-state index contributed by atoms with van der Waals surface area (Å²) >= 11 is 0. The van der Waals surface area contributed by atoms with Crippen LogP contribution < -0.4 is 5.32 Å². The van der Waals surface area contributed by atoms with Gasteiger partial charge in [0.2, 0.25) is 0 Å². The Bertz CT molecular complexity index is 321. The third-order valence-electron chi connectivity index (χ3n) is 3.36. The van der Waals surface area contributed by atoms with Gasteiger partial charge < -0.3 is 20.0 Å². The zero-order chi connectivity index (χ0) is 10.4. The molecule has 1 unspecified atom stereocenters. The van der Waals surface area contributed by atoms with Crippen LogP contribution in [0.5, 0.6) is 0 Å². The minimum atomic E-state index is 0.202. The van der Waals surface area contributed by atoms with Gasteiger partial charge in [-0.3, -0.25) is 4.79 Å². The number of carbonyl (C=O) groups excluding carboxylic acids is 1.